The average molecular weight is 808 g/mol. The number of carbonyl (C=O) groups excluding carboxylic acids is 2. The standard InChI is InChI=1S/C22H20ClN3O4.C20H16ClN3O3/c23-16-4-6-17(7-5-16)30-21-14-24-20(13-25-21)26-19(8-9-22(26)28)15-2-1-3-18(12-15)29-11-10-27;21-14-4-6-16(7-5-14)27-19-12-22-18(11-23-19)24-17(8-9-20(24)26)13-2-1-3-15(25)10-13/h1-7,12-14,19,27H,8-11H2;1-7,10-12,17,25H,8-9H2/t19-;17-/m11/s1. The molecule has 57 heavy (non-hydrogen) atoms. The molecular formula is C42H36Cl2N6O7. The van der Waals surface area contributed by atoms with E-state index in [1.54, 1.807) is 76.5 Å². The lowest BCUT2D eigenvalue weighted by Crippen LogP contribution is -2.28. The van der Waals surface area contributed by atoms with Gasteiger partial charge in [-0.05, 0) is 96.8 Å². The number of hydrogen-bond acceptors (Lipinski definition) is 11. The van der Waals surface area contributed by atoms with Gasteiger partial charge in [0.25, 0.3) is 0 Å². The van der Waals surface area contributed by atoms with Gasteiger partial charge in [-0.1, -0.05) is 47.5 Å². The van der Waals surface area contributed by atoms with E-state index < -0.39 is 0 Å². The summed E-state index contributed by atoms with van der Waals surface area (Å²) in [5.74, 6) is 3.54. The third kappa shape index (κ3) is 9.76. The summed E-state index contributed by atoms with van der Waals surface area (Å²) in [6.45, 7) is 0.162. The zero-order chi connectivity index (χ0) is 39.7. The van der Waals surface area contributed by atoms with Crippen LogP contribution in [0.3, 0.4) is 0 Å². The van der Waals surface area contributed by atoms with E-state index in [9.17, 15) is 14.7 Å². The Hall–Kier alpha value is -6.28. The number of hydrogen-bond donors (Lipinski definition) is 2. The summed E-state index contributed by atoms with van der Waals surface area (Å²) in [5.41, 5.74) is 1.81. The zero-order valence-corrected chi connectivity index (χ0v) is 31.8. The monoisotopic (exact) mass is 806 g/mol. The van der Waals surface area contributed by atoms with Crippen LogP contribution in [0.15, 0.2) is 122 Å². The highest BCUT2D eigenvalue weighted by atomic mass is 35.5. The summed E-state index contributed by atoms with van der Waals surface area (Å²) >= 11 is 11.7. The number of benzene rings is 4. The number of anilines is 2. The molecule has 13 nitrogen and oxygen atoms in total. The van der Waals surface area contributed by atoms with Crippen molar-refractivity contribution in [1.29, 1.82) is 0 Å². The molecule has 6 aromatic rings. The van der Waals surface area contributed by atoms with Crippen molar-refractivity contribution in [2.24, 2.45) is 0 Å². The molecule has 4 heterocycles. The van der Waals surface area contributed by atoms with Crippen LogP contribution in [-0.2, 0) is 9.59 Å². The predicted molar refractivity (Wildman–Crippen MR) is 213 cm³/mol. The summed E-state index contributed by atoms with van der Waals surface area (Å²) in [4.78, 5) is 45.6. The number of rotatable bonds is 11. The molecule has 0 unspecified atom stereocenters. The second-order valence-electron chi connectivity index (χ2n) is 12.9. The van der Waals surface area contributed by atoms with Crippen LogP contribution < -0.4 is 24.0 Å². The van der Waals surface area contributed by atoms with Crippen molar-refractivity contribution in [3.63, 3.8) is 0 Å². The number of halogens is 2. The molecule has 290 valence electrons. The molecule has 0 radical (unpaired) electrons. The maximum atomic E-state index is 12.6. The quantitative estimate of drug-likeness (QED) is 0.129. The molecule has 15 heteroatoms. The van der Waals surface area contributed by atoms with Crippen molar-refractivity contribution in [1.82, 2.24) is 19.9 Å². The fourth-order valence-electron chi connectivity index (χ4n) is 6.50. The van der Waals surface area contributed by atoms with Gasteiger partial charge in [0.15, 0.2) is 11.6 Å². The normalized spacial score (nSPS) is 16.3. The van der Waals surface area contributed by atoms with Crippen molar-refractivity contribution < 1.29 is 34.0 Å². The van der Waals surface area contributed by atoms with Crippen LogP contribution in [0, 0.1) is 0 Å². The second-order valence-corrected chi connectivity index (χ2v) is 13.8. The second kappa shape index (κ2) is 18.1. The summed E-state index contributed by atoms with van der Waals surface area (Å²) < 4.78 is 16.8. The maximum absolute atomic E-state index is 12.6. The molecule has 0 bridgehead atoms. The van der Waals surface area contributed by atoms with Crippen molar-refractivity contribution >= 4 is 46.7 Å². The van der Waals surface area contributed by atoms with Crippen LogP contribution in [0.25, 0.3) is 0 Å². The lowest BCUT2D eigenvalue weighted by atomic mass is 10.0. The van der Waals surface area contributed by atoms with E-state index in [1.165, 1.54) is 24.8 Å². The summed E-state index contributed by atoms with van der Waals surface area (Å²) in [6.07, 6.45) is 8.21. The summed E-state index contributed by atoms with van der Waals surface area (Å²) in [6, 6.07) is 28.0. The van der Waals surface area contributed by atoms with Gasteiger partial charge in [-0.25, -0.2) is 19.9 Å². The lowest BCUT2D eigenvalue weighted by molar-refractivity contribution is -0.118. The SMILES string of the molecule is O=C1CC[C@H](c2cccc(O)c2)N1c1cnc(Oc2ccc(Cl)cc2)cn1.O=C1CC[C@H](c2cccc(OCCO)c2)N1c1cnc(Oc2ccc(Cl)cc2)cn1. The molecule has 0 saturated carbocycles. The van der Waals surface area contributed by atoms with Crippen LogP contribution in [-0.4, -0.2) is 55.2 Å². The maximum Gasteiger partial charge on any atom is 0.237 e. The molecule has 2 N–H and O–H groups in total. The Bertz CT molecular complexity index is 2300. The molecule has 2 amide bonds. The number of phenols is 1. The van der Waals surface area contributed by atoms with Gasteiger partial charge < -0.3 is 24.4 Å². The zero-order valence-electron chi connectivity index (χ0n) is 30.3. The van der Waals surface area contributed by atoms with E-state index in [-0.39, 0.29) is 42.9 Å². The first-order valence-corrected chi connectivity index (χ1v) is 18.8. The number of nitrogens with zero attached hydrogens (tertiary/aromatic N) is 6. The first kappa shape index (κ1) is 39.0. The van der Waals surface area contributed by atoms with E-state index >= 15 is 0 Å². The first-order chi connectivity index (χ1) is 27.7. The predicted octanol–water partition coefficient (Wildman–Crippen LogP) is 8.66. The van der Waals surface area contributed by atoms with Gasteiger partial charge >= 0.3 is 0 Å². The third-order valence-corrected chi connectivity index (χ3v) is 9.58. The minimum atomic E-state index is -0.179. The fraction of sp³-hybridized carbons (Fsp3) is 0.190. The van der Waals surface area contributed by atoms with Gasteiger partial charge in [0.1, 0.15) is 29.6 Å². The minimum Gasteiger partial charge on any atom is -0.508 e. The highest BCUT2D eigenvalue weighted by Gasteiger charge is 2.35. The largest absolute Gasteiger partial charge is 0.508 e. The van der Waals surface area contributed by atoms with Gasteiger partial charge in [0.05, 0.1) is 43.5 Å². The molecule has 2 aliphatic heterocycles. The molecule has 2 atom stereocenters. The molecule has 0 spiro atoms. The molecule has 2 fully saturated rings. The van der Waals surface area contributed by atoms with Crippen LogP contribution in [0.2, 0.25) is 10.0 Å². The van der Waals surface area contributed by atoms with Gasteiger partial charge in [0, 0.05) is 22.9 Å². The van der Waals surface area contributed by atoms with E-state index in [0.717, 1.165) is 11.1 Å². The van der Waals surface area contributed by atoms with Crippen molar-refractivity contribution in [2.45, 2.75) is 37.8 Å². The minimum absolute atomic E-state index is 0.0117. The Morgan fingerprint density at radius 1 is 0.614 bits per heavy atom. The molecule has 2 aliphatic rings. The summed E-state index contributed by atoms with van der Waals surface area (Å²) in [5, 5.41) is 19.9. The van der Waals surface area contributed by atoms with E-state index in [0.29, 0.717) is 76.4 Å². The number of aliphatic hydroxyl groups excluding tert-OH is 1. The van der Waals surface area contributed by atoms with Crippen LogP contribution in [0.4, 0.5) is 11.6 Å². The topological polar surface area (TPSA) is 160 Å². The number of aromatic nitrogens is 4. The van der Waals surface area contributed by atoms with Gasteiger partial charge in [-0.3, -0.25) is 19.4 Å². The first-order valence-electron chi connectivity index (χ1n) is 18.0. The Kier molecular flexibility index (Phi) is 12.4. The third-order valence-electron chi connectivity index (χ3n) is 9.08. The highest BCUT2D eigenvalue weighted by molar-refractivity contribution is 6.30. The molecule has 2 saturated heterocycles. The number of aromatic hydroxyl groups is 1. The Labute approximate surface area is 338 Å². The number of phenolic OH excluding ortho intramolecular Hbond substituents is 1. The lowest BCUT2D eigenvalue weighted by Gasteiger charge is -2.24. The highest BCUT2D eigenvalue weighted by Crippen LogP contribution is 2.39. The van der Waals surface area contributed by atoms with Gasteiger partial charge in [-0.15, -0.1) is 0 Å². The van der Waals surface area contributed by atoms with Gasteiger partial charge in [0.2, 0.25) is 23.6 Å². The Balaban J connectivity index is 0.000000175. The molecule has 2 aromatic heterocycles. The number of aliphatic hydroxyl groups is 1. The average Bonchev–Trinajstić information content (AvgIpc) is 3.82. The van der Waals surface area contributed by atoms with Crippen molar-refractivity contribution in [3.05, 3.63) is 143 Å². The van der Waals surface area contributed by atoms with Crippen molar-refractivity contribution in [2.75, 3.05) is 23.0 Å². The number of carbonyl (C=O) groups is 2. The molecule has 4 aromatic carbocycles. The van der Waals surface area contributed by atoms with Crippen LogP contribution in [0.1, 0.15) is 48.9 Å². The summed E-state index contributed by atoms with van der Waals surface area (Å²) in [7, 11) is 0. The Morgan fingerprint density at radius 3 is 1.56 bits per heavy atom. The smallest absolute Gasteiger partial charge is 0.237 e. The van der Waals surface area contributed by atoms with E-state index in [4.69, 9.17) is 42.5 Å². The van der Waals surface area contributed by atoms with E-state index in [1.807, 2.05) is 30.3 Å². The van der Waals surface area contributed by atoms with Gasteiger partial charge in [-0.2, -0.15) is 0 Å². The van der Waals surface area contributed by atoms with E-state index in [2.05, 4.69) is 19.9 Å². The molecular weight excluding hydrogens is 771 g/mol. The number of amides is 2. The molecule has 0 aliphatic carbocycles. The fourth-order valence-corrected chi connectivity index (χ4v) is 6.75. The Morgan fingerprint density at radius 2 is 1.11 bits per heavy atom. The van der Waals surface area contributed by atoms with Crippen molar-refractivity contribution in [3.8, 4) is 34.8 Å². The number of ether oxygens (including phenoxy) is 3. The van der Waals surface area contributed by atoms with Crippen LogP contribution in [0.5, 0.6) is 34.8 Å². The van der Waals surface area contributed by atoms with Crippen LogP contribution >= 0.6 is 23.2 Å². The molecule has 8 rings (SSSR count).